The van der Waals surface area contributed by atoms with Crippen LogP contribution in [0.2, 0.25) is 0 Å². The Bertz CT molecular complexity index is 13.5. The van der Waals surface area contributed by atoms with Crippen LogP contribution in [0.5, 0.6) is 0 Å². The van der Waals surface area contributed by atoms with Crippen LogP contribution in [0.4, 0.5) is 0 Å². The van der Waals surface area contributed by atoms with Gasteiger partial charge in [-0.3, -0.25) is 0 Å². The van der Waals surface area contributed by atoms with E-state index in [1.165, 1.54) is 0 Å². The van der Waals surface area contributed by atoms with Crippen LogP contribution in [-0.2, 0) is 23.7 Å². The van der Waals surface area contributed by atoms with Gasteiger partial charge in [0.05, 0.1) is 0 Å². The normalized spacial score (nSPS) is 0.750. The summed E-state index contributed by atoms with van der Waals surface area (Å²) in [6, 6.07) is 0. The maximum absolute atomic E-state index is 8.25. The van der Waals surface area contributed by atoms with Crippen molar-refractivity contribution in [2.45, 2.75) is 0 Å². The molecule has 0 bridgehead atoms. The van der Waals surface area contributed by atoms with Crippen LogP contribution >= 0.6 is 0 Å². The van der Waals surface area contributed by atoms with Crippen molar-refractivity contribution in [3.8, 4) is 0 Å². The quantitative estimate of drug-likeness (QED) is 0.458. The second-order valence-electron chi connectivity index (χ2n) is 0. The van der Waals surface area contributed by atoms with Gasteiger partial charge in [0, 0.05) is 0 Å². The Balaban J connectivity index is -0.000000000833. The molecule has 0 saturated carbocycles. The molecule has 0 aromatic rings. The molecule has 0 aromatic carbocycles. The van der Waals surface area contributed by atoms with Crippen molar-refractivity contribution in [3.63, 3.8) is 0 Å². The molecule has 0 atom stereocenters. The molecular weight excluding hydrogens is 408 g/mol. The summed E-state index contributed by atoms with van der Waals surface area (Å²) < 4.78 is 8.25. The average Bonchev–Trinajstić information content (AvgIpc) is 1.00. The van der Waals surface area contributed by atoms with Crippen molar-refractivity contribution in [3.05, 3.63) is 0 Å². The first-order chi connectivity index (χ1) is 1.00. The molecule has 0 fully saturated rings. The van der Waals surface area contributed by atoms with Crippen LogP contribution in [-0.4, -0.2) is 76.2 Å². The fourth-order valence-electron chi connectivity index (χ4n) is 0. The summed E-state index contributed by atoms with van der Waals surface area (Å²) in [5.41, 5.74) is 0. The van der Waals surface area contributed by atoms with Crippen molar-refractivity contribution < 1.29 is 26.6 Å². The van der Waals surface area contributed by atoms with Crippen LogP contribution in [0.1, 0.15) is 2.85 Å². The fraction of sp³-hybridized carbons (Fsp3) is 0. The SMILES string of the molecule is [Ba+2].[H-].[H-].[O]=[Ti].[PbH2]. The minimum atomic E-state index is 0. The van der Waals surface area contributed by atoms with E-state index >= 15 is 0 Å². The Hall–Kier alpha value is 3.01. The first-order valence-electron chi connectivity index (χ1n) is 0.204. The van der Waals surface area contributed by atoms with Gasteiger partial charge in [-0.25, -0.2) is 0 Å². The van der Waals surface area contributed by atoms with Crippen LogP contribution in [0.15, 0.2) is 0 Å². The summed E-state index contributed by atoms with van der Waals surface area (Å²) in [7, 11) is 0. The third kappa shape index (κ3) is 8.89. The van der Waals surface area contributed by atoms with Crippen molar-refractivity contribution >= 4 is 76.2 Å². The van der Waals surface area contributed by atoms with Crippen molar-refractivity contribution in [1.29, 1.82) is 0 Å². The molecule has 0 spiro atoms. The predicted octanol–water partition coefficient (Wildman–Crippen LogP) is -1.19. The van der Waals surface area contributed by atoms with Crippen LogP contribution in [0, 0.1) is 0 Å². The molecule has 0 aromatic heterocycles. The molecule has 0 rings (SSSR count). The zero-order valence-corrected chi connectivity index (χ0v) is 13.8. The Morgan fingerprint density at radius 1 is 1.50 bits per heavy atom. The van der Waals surface area contributed by atoms with Crippen LogP contribution < -0.4 is 0 Å². The summed E-state index contributed by atoms with van der Waals surface area (Å²) in [5, 5.41) is 0. The van der Waals surface area contributed by atoms with E-state index < -0.39 is 0 Å². The summed E-state index contributed by atoms with van der Waals surface area (Å²) in [6.45, 7) is 0. The van der Waals surface area contributed by atoms with Gasteiger partial charge in [-0.2, -0.15) is 0 Å². The molecule has 0 saturated heterocycles. The van der Waals surface area contributed by atoms with E-state index in [-0.39, 0.29) is 79.0 Å². The van der Waals surface area contributed by atoms with E-state index in [1.807, 2.05) is 0 Å². The molecule has 0 unspecified atom stereocenters. The first-order valence-corrected chi connectivity index (χ1v) is 0.842. The van der Waals surface area contributed by atoms with E-state index in [1.54, 1.807) is 0 Å². The van der Waals surface area contributed by atoms with E-state index in [0.29, 0.717) is 0 Å². The Morgan fingerprint density at radius 3 is 1.50 bits per heavy atom. The van der Waals surface area contributed by atoms with Gasteiger partial charge in [-0.05, 0) is 0 Å². The van der Waals surface area contributed by atoms with E-state index in [0.717, 1.165) is 20.4 Å². The van der Waals surface area contributed by atoms with Gasteiger partial charge >= 0.3 is 99.9 Å². The van der Waals surface area contributed by atoms with Crippen molar-refractivity contribution in [1.82, 2.24) is 0 Å². The average molecular weight is 412 g/mol. The molecular formula is H4BaOPbTi. The van der Waals surface area contributed by atoms with Gasteiger partial charge in [0.2, 0.25) is 0 Å². The predicted molar refractivity (Wildman–Crippen MR) is 17.2 cm³/mol. The second kappa shape index (κ2) is 16.7. The third-order valence-corrected chi connectivity index (χ3v) is 0. The molecule has 0 heterocycles. The number of hydrogen-bond acceptors (Lipinski definition) is 1. The Kier molecular flexibility index (Phi) is 65.6. The molecule has 0 amide bonds. The third-order valence-electron chi connectivity index (χ3n) is 0. The summed E-state index contributed by atoms with van der Waals surface area (Å²) in [4.78, 5) is 0. The van der Waals surface area contributed by atoms with Gasteiger partial charge in [-0.1, -0.05) is 0 Å². The molecule has 1 nitrogen and oxygen atoms in total. The monoisotopic (exact) mass is 414 g/mol. The fourth-order valence-corrected chi connectivity index (χ4v) is 0. The zero-order chi connectivity index (χ0) is 2.00. The molecule has 2 radical (unpaired) electrons. The van der Waals surface area contributed by atoms with Crippen molar-refractivity contribution in [2.24, 2.45) is 0 Å². The second-order valence-corrected chi connectivity index (χ2v) is 0. The summed E-state index contributed by atoms with van der Waals surface area (Å²) >= 11 is 0.750. The Morgan fingerprint density at radius 2 is 1.50 bits per heavy atom. The number of rotatable bonds is 0. The zero-order valence-electron chi connectivity index (χ0n) is 4.32. The molecule has 20 valence electrons. The summed E-state index contributed by atoms with van der Waals surface area (Å²) in [5.74, 6) is 0. The molecule has 0 N–H and O–H groups in total. The van der Waals surface area contributed by atoms with Gasteiger partial charge in [0.15, 0.2) is 0 Å². The van der Waals surface area contributed by atoms with E-state index in [2.05, 4.69) is 0 Å². The standard InChI is InChI=1S/Ba.O.Pb.Ti.4H/q+2;;;;;;2*-1. The van der Waals surface area contributed by atoms with Gasteiger partial charge < -0.3 is 2.85 Å². The van der Waals surface area contributed by atoms with E-state index in [9.17, 15) is 0 Å². The maximum atomic E-state index is 8.25. The Labute approximate surface area is 100 Å². The minimum absolute atomic E-state index is 0. The number of hydrogen-bond donors (Lipinski definition) is 0. The van der Waals surface area contributed by atoms with Crippen LogP contribution in [0.25, 0.3) is 0 Å². The first kappa shape index (κ1) is 15.7. The molecule has 0 aliphatic heterocycles. The van der Waals surface area contributed by atoms with E-state index in [4.69, 9.17) is 3.32 Å². The van der Waals surface area contributed by atoms with Gasteiger partial charge in [-0.15, -0.1) is 0 Å². The molecule has 4 heavy (non-hydrogen) atoms. The van der Waals surface area contributed by atoms with Gasteiger partial charge in [0.25, 0.3) is 0 Å². The molecule has 0 aliphatic carbocycles. The topological polar surface area (TPSA) is 17.1 Å². The van der Waals surface area contributed by atoms with Gasteiger partial charge in [0.1, 0.15) is 0 Å². The van der Waals surface area contributed by atoms with Crippen molar-refractivity contribution in [2.75, 3.05) is 0 Å². The molecule has 0 aliphatic rings. The van der Waals surface area contributed by atoms with Crippen LogP contribution in [0.3, 0.4) is 0 Å². The summed E-state index contributed by atoms with van der Waals surface area (Å²) in [6.07, 6.45) is 0. The molecule has 4 heteroatoms.